The highest BCUT2D eigenvalue weighted by molar-refractivity contribution is 5.38. The van der Waals surface area contributed by atoms with Crippen LogP contribution in [0.3, 0.4) is 0 Å². The summed E-state index contributed by atoms with van der Waals surface area (Å²) < 4.78 is 5.30. The van der Waals surface area contributed by atoms with Crippen LogP contribution in [0.25, 0.3) is 0 Å². The van der Waals surface area contributed by atoms with Crippen molar-refractivity contribution in [3.05, 3.63) is 59.4 Å². The van der Waals surface area contributed by atoms with Crippen LogP contribution in [-0.4, -0.2) is 30.3 Å². The molecule has 0 aliphatic heterocycles. The van der Waals surface area contributed by atoms with Gasteiger partial charge in [-0.2, -0.15) is 0 Å². The van der Waals surface area contributed by atoms with Gasteiger partial charge in [-0.25, -0.2) is 0 Å². The maximum absolute atomic E-state index is 10.3. The minimum atomic E-state index is -0.572. The minimum absolute atomic E-state index is 0.505. The van der Waals surface area contributed by atoms with Crippen molar-refractivity contribution < 1.29 is 9.84 Å². The molecule has 4 nitrogen and oxygen atoms in total. The van der Waals surface area contributed by atoms with E-state index >= 15 is 0 Å². The highest BCUT2D eigenvalue weighted by Gasteiger charge is 2.12. The van der Waals surface area contributed by atoms with Gasteiger partial charge < -0.3 is 15.2 Å². The molecule has 1 aromatic carbocycles. The molecule has 112 valence electrons. The summed E-state index contributed by atoms with van der Waals surface area (Å²) in [6.45, 7) is 3.33. The number of nitrogens with one attached hydrogen (secondary N) is 1. The SMILES string of the molecule is COc1ccc(C)cc1C(O)CNCCc1ccncc1. The molecule has 0 radical (unpaired) electrons. The number of ether oxygens (including phenoxy) is 1. The summed E-state index contributed by atoms with van der Waals surface area (Å²) in [5.41, 5.74) is 3.18. The fourth-order valence-corrected chi connectivity index (χ4v) is 2.25. The van der Waals surface area contributed by atoms with E-state index in [1.807, 2.05) is 37.3 Å². The minimum Gasteiger partial charge on any atom is -0.496 e. The van der Waals surface area contributed by atoms with Gasteiger partial charge >= 0.3 is 0 Å². The van der Waals surface area contributed by atoms with Gasteiger partial charge in [0.15, 0.2) is 0 Å². The lowest BCUT2D eigenvalue weighted by molar-refractivity contribution is 0.171. The van der Waals surface area contributed by atoms with Gasteiger partial charge in [-0.3, -0.25) is 4.98 Å². The van der Waals surface area contributed by atoms with E-state index in [1.165, 1.54) is 5.56 Å². The monoisotopic (exact) mass is 286 g/mol. The van der Waals surface area contributed by atoms with Gasteiger partial charge in [0.05, 0.1) is 13.2 Å². The lowest BCUT2D eigenvalue weighted by Gasteiger charge is -2.16. The lowest BCUT2D eigenvalue weighted by Crippen LogP contribution is -2.24. The summed E-state index contributed by atoms with van der Waals surface area (Å²) in [7, 11) is 1.62. The summed E-state index contributed by atoms with van der Waals surface area (Å²) in [6, 6.07) is 9.84. The second-order valence-corrected chi connectivity index (χ2v) is 5.07. The Labute approximate surface area is 125 Å². The Kier molecular flexibility index (Phi) is 5.72. The van der Waals surface area contributed by atoms with E-state index in [1.54, 1.807) is 19.5 Å². The molecule has 1 heterocycles. The van der Waals surface area contributed by atoms with E-state index in [0.717, 1.165) is 29.8 Å². The second-order valence-electron chi connectivity index (χ2n) is 5.07. The van der Waals surface area contributed by atoms with E-state index in [0.29, 0.717) is 6.54 Å². The molecule has 0 aliphatic rings. The highest BCUT2D eigenvalue weighted by atomic mass is 16.5. The molecule has 0 aliphatic carbocycles. The van der Waals surface area contributed by atoms with Crippen molar-refractivity contribution in [3.63, 3.8) is 0 Å². The van der Waals surface area contributed by atoms with E-state index in [4.69, 9.17) is 4.74 Å². The summed E-state index contributed by atoms with van der Waals surface area (Å²) in [5, 5.41) is 13.6. The maximum atomic E-state index is 10.3. The molecule has 2 N–H and O–H groups in total. The zero-order valence-electron chi connectivity index (χ0n) is 12.5. The molecule has 2 aromatic rings. The van der Waals surface area contributed by atoms with E-state index in [9.17, 15) is 5.11 Å². The molecule has 0 fully saturated rings. The van der Waals surface area contributed by atoms with Crippen LogP contribution in [-0.2, 0) is 6.42 Å². The standard InChI is InChI=1S/C17H22N2O2/c1-13-3-4-17(21-2)15(11-13)16(20)12-19-10-7-14-5-8-18-9-6-14/h3-6,8-9,11,16,19-20H,7,10,12H2,1-2H3. The smallest absolute Gasteiger partial charge is 0.124 e. The van der Waals surface area contributed by atoms with Crippen molar-refractivity contribution in [3.8, 4) is 5.75 Å². The van der Waals surface area contributed by atoms with Crippen molar-refractivity contribution in [2.75, 3.05) is 20.2 Å². The Morgan fingerprint density at radius 2 is 2.00 bits per heavy atom. The van der Waals surface area contributed by atoms with Crippen molar-refractivity contribution in [2.45, 2.75) is 19.4 Å². The number of methoxy groups -OCH3 is 1. The van der Waals surface area contributed by atoms with Crippen molar-refractivity contribution >= 4 is 0 Å². The molecule has 0 spiro atoms. The molecule has 4 heteroatoms. The first-order valence-electron chi connectivity index (χ1n) is 7.13. The second kappa shape index (κ2) is 7.76. The Bertz CT molecular complexity index is 558. The zero-order valence-corrected chi connectivity index (χ0v) is 12.5. The molecular formula is C17H22N2O2. The molecule has 1 unspecified atom stereocenters. The number of aryl methyl sites for hydroxylation is 1. The number of pyridine rings is 1. The largest absolute Gasteiger partial charge is 0.496 e. The van der Waals surface area contributed by atoms with Gasteiger partial charge in [0.1, 0.15) is 5.75 Å². The van der Waals surface area contributed by atoms with Crippen LogP contribution in [0.4, 0.5) is 0 Å². The highest BCUT2D eigenvalue weighted by Crippen LogP contribution is 2.25. The van der Waals surface area contributed by atoms with E-state index < -0.39 is 6.10 Å². The van der Waals surface area contributed by atoms with Crippen LogP contribution in [0.5, 0.6) is 5.75 Å². The van der Waals surface area contributed by atoms with E-state index in [-0.39, 0.29) is 0 Å². The predicted octanol–water partition coefficient (Wildman–Crippen LogP) is 2.26. The molecule has 2 rings (SSSR count). The van der Waals surface area contributed by atoms with Crippen molar-refractivity contribution in [2.24, 2.45) is 0 Å². The van der Waals surface area contributed by atoms with Crippen LogP contribution in [0.15, 0.2) is 42.7 Å². The summed E-state index contributed by atoms with van der Waals surface area (Å²) in [4.78, 5) is 3.99. The Morgan fingerprint density at radius 1 is 1.24 bits per heavy atom. The normalized spacial score (nSPS) is 12.1. The van der Waals surface area contributed by atoms with Gasteiger partial charge in [0.2, 0.25) is 0 Å². The van der Waals surface area contributed by atoms with Crippen LogP contribution in [0.1, 0.15) is 22.8 Å². The molecule has 0 saturated heterocycles. The number of rotatable bonds is 7. The maximum Gasteiger partial charge on any atom is 0.124 e. The summed E-state index contributed by atoms with van der Waals surface area (Å²) >= 11 is 0. The average molecular weight is 286 g/mol. The number of aromatic nitrogens is 1. The van der Waals surface area contributed by atoms with Gasteiger partial charge in [-0.1, -0.05) is 11.6 Å². The molecular weight excluding hydrogens is 264 g/mol. The third-order valence-electron chi connectivity index (χ3n) is 3.42. The van der Waals surface area contributed by atoms with Crippen molar-refractivity contribution in [1.29, 1.82) is 0 Å². The van der Waals surface area contributed by atoms with Gasteiger partial charge in [0, 0.05) is 24.5 Å². The number of aliphatic hydroxyl groups excluding tert-OH is 1. The Hall–Kier alpha value is -1.91. The Morgan fingerprint density at radius 3 is 2.71 bits per heavy atom. The quantitative estimate of drug-likeness (QED) is 0.767. The van der Waals surface area contributed by atoms with Gasteiger partial charge in [-0.05, 0) is 49.7 Å². The van der Waals surface area contributed by atoms with Crippen LogP contribution < -0.4 is 10.1 Å². The van der Waals surface area contributed by atoms with Crippen LogP contribution in [0.2, 0.25) is 0 Å². The summed E-state index contributed by atoms with van der Waals surface area (Å²) in [5.74, 6) is 0.726. The molecule has 0 saturated carbocycles. The first-order valence-corrected chi connectivity index (χ1v) is 7.13. The number of aliphatic hydroxyl groups is 1. The Balaban J connectivity index is 1.84. The van der Waals surface area contributed by atoms with Crippen LogP contribution in [0, 0.1) is 6.92 Å². The molecule has 0 bridgehead atoms. The third kappa shape index (κ3) is 4.55. The third-order valence-corrected chi connectivity index (χ3v) is 3.42. The van der Waals surface area contributed by atoms with Gasteiger partial charge in [-0.15, -0.1) is 0 Å². The fourth-order valence-electron chi connectivity index (χ4n) is 2.25. The zero-order chi connectivity index (χ0) is 15.1. The molecule has 1 atom stereocenters. The number of hydrogen-bond acceptors (Lipinski definition) is 4. The first kappa shape index (κ1) is 15.5. The number of hydrogen-bond donors (Lipinski definition) is 2. The first-order chi connectivity index (χ1) is 10.2. The number of nitrogens with zero attached hydrogens (tertiary/aromatic N) is 1. The topological polar surface area (TPSA) is 54.4 Å². The van der Waals surface area contributed by atoms with Crippen LogP contribution >= 0.6 is 0 Å². The fraction of sp³-hybridized carbons (Fsp3) is 0.353. The van der Waals surface area contributed by atoms with Crippen molar-refractivity contribution in [1.82, 2.24) is 10.3 Å². The average Bonchev–Trinajstić information content (AvgIpc) is 2.52. The number of benzene rings is 1. The van der Waals surface area contributed by atoms with Gasteiger partial charge in [0.25, 0.3) is 0 Å². The lowest BCUT2D eigenvalue weighted by atomic mass is 10.1. The summed E-state index contributed by atoms with van der Waals surface area (Å²) in [6.07, 6.45) is 3.93. The molecule has 1 aromatic heterocycles. The van der Waals surface area contributed by atoms with E-state index in [2.05, 4.69) is 10.3 Å². The molecule has 0 amide bonds. The molecule has 21 heavy (non-hydrogen) atoms. The predicted molar refractivity (Wildman–Crippen MR) is 83.5 cm³/mol.